The van der Waals surface area contributed by atoms with Gasteiger partial charge in [-0.15, -0.1) is 11.8 Å². The zero-order valence-electron chi connectivity index (χ0n) is 9.00. The summed E-state index contributed by atoms with van der Waals surface area (Å²) >= 11 is 1.61. The zero-order valence-corrected chi connectivity index (χ0v) is 9.81. The molecule has 0 saturated heterocycles. The summed E-state index contributed by atoms with van der Waals surface area (Å²) in [7, 11) is 1.62. The molecule has 0 amide bonds. The van der Waals surface area contributed by atoms with Gasteiger partial charge in [-0.05, 0) is 32.2 Å². The first-order chi connectivity index (χ1) is 6.50. The van der Waals surface area contributed by atoms with Crippen LogP contribution in [0.4, 0.5) is 0 Å². The third kappa shape index (κ3) is 2.22. The number of hydrogen-bond donors (Lipinski definition) is 1. The van der Waals surface area contributed by atoms with Gasteiger partial charge in [0.1, 0.15) is 5.75 Å². The monoisotopic (exact) mass is 212 g/mol. The lowest BCUT2D eigenvalue weighted by Crippen LogP contribution is -2.18. The summed E-state index contributed by atoms with van der Waals surface area (Å²) in [4.78, 5) is 1.05. The molecule has 0 bridgehead atoms. The number of ether oxygens (including phenoxy) is 1. The van der Waals surface area contributed by atoms with Crippen LogP contribution in [-0.4, -0.2) is 18.5 Å². The summed E-state index contributed by atoms with van der Waals surface area (Å²) in [6.07, 6.45) is 1.99. The van der Waals surface area contributed by atoms with E-state index in [1.165, 1.54) is 0 Å². The Kier molecular flexibility index (Phi) is 3.45. The van der Waals surface area contributed by atoms with Crippen LogP contribution in [0.3, 0.4) is 0 Å². The SMILES string of the molecule is COc1cccc(SC)c1C(C)(C)O. The molecule has 2 nitrogen and oxygen atoms in total. The third-order valence-electron chi connectivity index (χ3n) is 2.04. The minimum atomic E-state index is -0.870. The van der Waals surface area contributed by atoms with E-state index in [0.29, 0.717) is 0 Å². The molecule has 1 aromatic rings. The molecule has 0 heterocycles. The van der Waals surface area contributed by atoms with E-state index in [4.69, 9.17) is 4.74 Å². The highest BCUT2D eigenvalue weighted by Gasteiger charge is 2.24. The van der Waals surface area contributed by atoms with Gasteiger partial charge in [0.05, 0.1) is 12.7 Å². The molecular weight excluding hydrogens is 196 g/mol. The van der Waals surface area contributed by atoms with Gasteiger partial charge >= 0.3 is 0 Å². The molecule has 0 aliphatic heterocycles. The van der Waals surface area contributed by atoms with Crippen LogP contribution in [0.15, 0.2) is 23.1 Å². The Morgan fingerprint density at radius 3 is 2.43 bits per heavy atom. The molecule has 78 valence electrons. The molecule has 0 spiro atoms. The standard InChI is InChI=1S/C11H16O2S/c1-11(2,12)10-8(13-3)6-5-7-9(10)14-4/h5-7,12H,1-4H3. The van der Waals surface area contributed by atoms with Gasteiger partial charge in [0, 0.05) is 10.5 Å². The molecular formula is C11H16O2S. The smallest absolute Gasteiger partial charge is 0.126 e. The molecule has 0 aromatic heterocycles. The quantitative estimate of drug-likeness (QED) is 0.781. The number of rotatable bonds is 3. The maximum atomic E-state index is 10.0. The summed E-state index contributed by atoms with van der Waals surface area (Å²) in [6.45, 7) is 3.54. The second kappa shape index (κ2) is 4.24. The van der Waals surface area contributed by atoms with Crippen LogP contribution in [0.1, 0.15) is 19.4 Å². The first kappa shape index (κ1) is 11.4. The molecule has 14 heavy (non-hydrogen) atoms. The fourth-order valence-electron chi connectivity index (χ4n) is 1.45. The molecule has 1 aromatic carbocycles. The Morgan fingerprint density at radius 1 is 1.36 bits per heavy atom. The first-order valence-electron chi connectivity index (χ1n) is 4.44. The molecule has 0 fully saturated rings. The fourth-order valence-corrected chi connectivity index (χ4v) is 2.22. The van der Waals surface area contributed by atoms with Crippen molar-refractivity contribution >= 4 is 11.8 Å². The molecule has 0 aliphatic carbocycles. The maximum absolute atomic E-state index is 10.0. The minimum Gasteiger partial charge on any atom is -0.496 e. The van der Waals surface area contributed by atoms with E-state index in [2.05, 4.69) is 0 Å². The highest BCUT2D eigenvalue weighted by molar-refractivity contribution is 7.98. The van der Waals surface area contributed by atoms with Crippen LogP contribution in [0.25, 0.3) is 0 Å². The van der Waals surface area contributed by atoms with E-state index in [1.54, 1.807) is 32.7 Å². The molecule has 0 radical (unpaired) electrons. The lowest BCUT2D eigenvalue weighted by atomic mass is 9.97. The van der Waals surface area contributed by atoms with Crippen molar-refractivity contribution in [3.63, 3.8) is 0 Å². The second-order valence-corrected chi connectivity index (χ2v) is 4.44. The average molecular weight is 212 g/mol. The van der Waals surface area contributed by atoms with Gasteiger partial charge in [0.25, 0.3) is 0 Å². The number of benzene rings is 1. The summed E-state index contributed by atoms with van der Waals surface area (Å²) in [5.41, 5.74) is -0.0136. The van der Waals surface area contributed by atoms with Gasteiger partial charge in [-0.25, -0.2) is 0 Å². The highest BCUT2D eigenvalue weighted by Crippen LogP contribution is 2.36. The van der Waals surface area contributed by atoms with E-state index in [1.807, 2.05) is 24.5 Å². The van der Waals surface area contributed by atoms with Crippen molar-refractivity contribution in [3.8, 4) is 5.75 Å². The van der Waals surface area contributed by atoms with Crippen LogP contribution in [0.5, 0.6) is 5.75 Å². The first-order valence-corrected chi connectivity index (χ1v) is 5.67. The van der Waals surface area contributed by atoms with Crippen LogP contribution in [0.2, 0.25) is 0 Å². The van der Waals surface area contributed by atoms with Gasteiger partial charge in [-0.1, -0.05) is 6.07 Å². The molecule has 0 unspecified atom stereocenters. The van der Waals surface area contributed by atoms with E-state index in [-0.39, 0.29) is 0 Å². The van der Waals surface area contributed by atoms with Gasteiger partial charge in [-0.2, -0.15) is 0 Å². The summed E-state index contributed by atoms with van der Waals surface area (Å²) < 4.78 is 5.24. The van der Waals surface area contributed by atoms with Crippen LogP contribution in [-0.2, 0) is 5.60 Å². The predicted molar refractivity (Wildman–Crippen MR) is 60.0 cm³/mol. The summed E-state index contributed by atoms with van der Waals surface area (Å²) in [6, 6.07) is 5.79. The van der Waals surface area contributed by atoms with Crippen molar-refractivity contribution in [2.75, 3.05) is 13.4 Å². The van der Waals surface area contributed by atoms with Gasteiger partial charge in [0.2, 0.25) is 0 Å². The normalized spacial score (nSPS) is 11.5. The highest BCUT2D eigenvalue weighted by atomic mass is 32.2. The zero-order chi connectivity index (χ0) is 10.8. The minimum absolute atomic E-state index is 0.740. The van der Waals surface area contributed by atoms with Crippen molar-refractivity contribution in [1.82, 2.24) is 0 Å². The number of methoxy groups -OCH3 is 1. The third-order valence-corrected chi connectivity index (χ3v) is 2.82. The molecule has 0 saturated carbocycles. The van der Waals surface area contributed by atoms with Crippen LogP contribution in [0, 0.1) is 0 Å². The summed E-state index contributed by atoms with van der Waals surface area (Å²) in [5, 5.41) is 10.0. The van der Waals surface area contributed by atoms with Gasteiger partial charge < -0.3 is 9.84 Å². The van der Waals surface area contributed by atoms with Crippen LogP contribution >= 0.6 is 11.8 Å². The molecule has 0 atom stereocenters. The van der Waals surface area contributed by atoms with E-state index in [0.717, 1.165) is 16.2 Å². The summed E-state index contributed by atoms with van der Waals surface area (Å²) in [5.74, 6) is 0.740. The second-order valence-electron chi connectivity index (χ2n) is 3.60. The van der Waals surface area contributed by atoms with Crippen molar-refractivity contribution in [2.24, 2.45) is 0 Å². The number of thioether (sulfide) groups is 1. The van der Waals surface area contributed by atoms with Crippen molar-refractivity contribution in [2.45, 2.75) is 24.3 Å². The van der Waals surface area contributed by atoms with Crippen LogP contribution < -0.4 is 4.74 Å². The van der Waals surface area contributed by atoms with Gasteiger partial charge in [-0.3, -0.25) is 0 Å². The Labute approximate surface area is 89.3 Å². The molecule has 1 N–H and O–H groups in total. The predicted octanol–water partition coefficient (Wildman–Crippen LogP) is 2.64. The van der Waals surface area contributed by atoms with E-state index < -0.39 is 5.60 Å². The Hall–Kier alpha value is -0.670. The molecule has 3 heteroatoms. The number of aliphatic hydroxyl groups is 1. The molecule has 0 aliphatic rings. The lowest BCUT2D eigenvalue weighted by Gasteiger charge is -2.23. The van der Waals surface area contributed by atoms with Gasteiger partial charge in [0.15, 0.2) is 0 Å². The Morgan fingerprint density at radius 2 is 2.00 bits per heavy atom. The largest absolute Gasteiger partial charge is 0.496 e. The lowest BCUT2D eigenvalue weighted by molar-refractivity contribution is 0.0727. The topological polar surface area (TPSA) is 29.5 Å². The maximum Gasteiger partial charge on any atom is 0.126 e. The van der Waals surface area contributed by atoms with E-state index in [9.17, 15) is 5.11 Å². The van der Waals surface area contributed by atoms with Crippen molar-refractivity contribution < 1.29 is 9.84 Å². The number of hydrogen-bond acceptors (Lipinski definition) is 3. The van der Waals surface area contributed by atoms with E-state index >= 15 is 0 Å². The van der Waals surface area contributed by atoms with Crippen molar-refractivity contribution in [1.29, 1.82) is 0 Å². The average Bonchev–Trinajstić information content (AvgIpc) is 2.15. The fraction of sp³-hybridized carbons (Fsp3) is 0.455. The Bertz CT molecular complexity index is 293. The molecule has 1 rings (SSSR count). The Balaban J connectivity index is 3.34. The van der Waals surface area contributed by atoms with Crippen molar-refractivity contribution in [3.05, 3.63) is 23.8 Å².